The van der Waals surface area contributed by atoms with Gasteiger partial charge in [0.25, 0.3) is 0 Å². The molecule has 1 aromatic heterocycles. The highest BCUT2D eigenvalue weighted by Gasteiger charge is 2.15. The highest BCUT2D eigenvalue weighted by Crippen LogP contribution is 2.16. The third kappa shape index (κ3) is 3.92. The number of hydrogen-bond acceptors (Lipinski definition) is 3. The number of hydrogen-bond donors (Lipinski definition) is 1. The molecule has 0 aliphatic carbocycles. The molecule has 1 aromatic rings. The molecule has 15 heavy (non-hydrogen) atoms. The fourth-order valence-corrected chi connectivity index (χ4v) is 2.61. The Bertz CT molecular complexity index is 283. The number of aryl methyl sites for hydroxylation is 1. The minimum absolute atomic E-state index is 0.622. The fraction of sp³-hybridized carbons (Fsp3) is 0.750. The van der Waals surface area contributed by atoms with Gasteiger partial charge in [-0.15, -0.1) is 11.3 Å². The summed E-state index contributed by atoms with van der Waals surface area (Å²) in [5, 5.41) is 6.89. The average molecular weight is 226 g/mol. The Morgan fingerprint density at radius 3 is 2.67 bits per heavy atom. The smallest absolute Gasteiger partial charge is 0.0897 e. The molecule has 2 nitrogen and oxygen atoms in total. The Labute approximate surface area is 97.1 Å². The molecule has 0 aromatic carbocycles. The lowest BCUT2D eigenvalue weighted by molar-refractivity contribution is 0.369. The van der Waals surface area contributed by atoms with Crippen LogP contribution < -0.4 is 5.32 Å². The molecule has 0 fully saturated rings. The first-order chi connectivity index (χ1) is 7.17. The van der Waals surface area contributed by atoms with Crippen molar-refractivity contribution >= 4 is 11.3 Å². The van der Waals surface area contributed by atoms with Gasteiger partial charge >= 0.3 is 0 Å². The van der Waals surface area contributed by atoms with E-state index in [2.05, 4.69) is 43.4 Å². The van der Waals surface area contributed by atoms with Crippen molar-refractivity contribution in [2.45, 2.75) is 46.6 Å². The fourth-order valence-electron chi connectivity index (χ4n) is 1.98. The summed E-state index contributed by atoms with van der Waals surface area (Å²) >= 11 is 1.75. The molecule has 0 aliphatic heterocycles. The molecular formula is C12H22N2S. The minimum atomic E-state index is 0.622. The van der Waals surface area contributed by atoms with Crippen LogP contribution in [0.3, 0.4) is 0 Å². The second-order valence-electron chi connectivity index (χ2n) is 4.11. The molecule has 3 heteroatoms. The Kier molecular flexibility index (Phi) is 5.26. The number of thiazole rings is 1. The number of aromatic nitrogens is 1. The number of nitrogens with one attached hydrogen (secondary N) is 1. The summed E-state index contributed by atoms with van der Waals surface area (Å²) in [4.78, 5) is 4.52. The lowest BCUT2D eigenvalue weighted by atomic mass is 9.95. The maximum Gasteiger partial charge on any atom is 0.0897 e. The molecular weight excluding hydrogens is 204 g/mol. The normalized spacial score (nSPS) is 15.2. The Hall–Kier alpha value is -0.410. The van der Waals surface area contributed by atoms with Crippen molar-refractivity contribution in [2.24, 2.45) is 5.92 Å². The highest BCUT2D eigenvalue weighted by atomic mass is 32.1. The summed E-state index contributed by atoms with van der Waals surface area (Å²) in [6.07, 6.45) is 2.29. The quantitative estimate of drug-likeness (QED) is 0.806. The zero-order valence-electron chi connectivity index (χ0n) is 10.2. The molecule has 0 amide bonds. The molecule has 1 rings (SSSR count). The largest absolute Gasteiger partial charge is 0.314 e. The van der Waals surface area contributed by atoms with E-state index in [0.717, 1.165) is 13.0 Å². The molecule has 0 spiro atoms. The third-order valence-corrected chi connectivity index (χ3v) is 3.61. The van der Waals surface area contributed by atoms with Crippen LogP contribution in [-0.2, 0) is 6.42 Å². The minimum Gasteiger partial charge on any atom is -0.314 e. The van der Waals surface area contributed by atoms with Gasteiger partial charge in [-0.05, 0) is 32.2 Å². The van der Waals surface area contributed by atoms with E-state index in [1.807, 2.05) is 0 Å². The highest BCUT2D eigenvalue weighted by molar-refractivity contribution is 7.09. The predicted octanol–water partition coefficient (Wildman–Crippen LogP) is 3.02. The predicted molar refractivity (Wildman–Crippen MR) is 67.5 cm³/mol. The summed E-state index contributed by atoms with van der Waals surface area (Å²) < 4.78 is 0. The summed E-state index contributed by atoms with van der Waals surface area (Å²) in [5.74, 6) is 0.663. The van der Waals surface area contributed by atoms with Crippen LogP contribution in [0.5, 0.6) is 0 Å². The van der Waals surface area contributed by atoms with E-state index in [1.165, 1.54) is 17.1 Å². The van der Waals surface area contributed by atoms with Crippen molar-refractivity contribution < 1.29 is 0 Å². The first kappa shape index (κ1) is 12.7. The molecule has 0 aliphatic rings. The molecule has 1 heterocycles. The summed E-state index contributed by atoms with van der Waals surface area (Å²) in [7, 11) is 0. The van der Waals surface area contributed by atoms with Crippen molar-refractivity contribution in [3.8, 4) is 0 Å². The number of rotatable bonds is 6. The molecule has 2 unspecified atom stereocenters. The SMILES string of the molecule is CCNC(CC)C(C)Cc1csc(C)n1. The van der Waals surface area contributed by atoms with Crippen molar-refractivity contribution in [2.75, 3.05) is 6.54 Å². The van der Waals surface area contributed by atoms with Crippen LogP contribution in [0.25, 0.3) is 0 Å². The molecule has 0 bridgehead atoms. The van der Waals surface area contributed by atoms with Crippen molar-refractivity contribution in [3.05, 3.63) is 16.1 Å². The van der Waals surface area contributed by atoms with Crippen LogP contribution in [0.1, 0.15) is 37.9 Å². The van der Waals surface area contributed by atoms with E-state index < -0.39 is 0 Å². The maximum absolute atomic E-state index is 4.52. The average Bonchev–Trinajstić information content (AvgIpc) is 2.60. The van der Waals surface area contributed by atoms with Gasteiger partial charge in [-0.3, -0.25) is 0 Å². The van der Waals surface area contributed by atoms with Gasteiger partial charge in [0.2, 0.25) is 0 Å². The van der Waals surface area contributed by atoms with Gasteiger partial charge in [0.15, 0.2) is 0 Å². The molecule has 0 saturated carbocycles. The Balaban J connectivity index is 2.49. The van der Waals surface area contributed by atoms with Crippen LogP contribution in [0.2, 0.25) is 0 Å². The van der Waals surface area contributed by atoms with E-state index in [1.54, 1.807) is 11.3 Å². The van der Waals surface area contributed by atoms with Gasteiger partial charge in [-0.25, -0.2) is 4.98 Å². The van der Waals surface area contributed by atoms with E-state index >= 15 is 0 Å². The first-order valence-corrected chi connectivity index (χ1v) is 6.69. The molecule has 1 N–H and O–H groups in total. The first-order valence-electron chi connectivity index (χ1n) is 5.81. The van der Waals surface area contributed by atoms with Crippen LogP contribution in [0, 0.1) is 12.8 Å². The van der Waals surface area contributed by atoms with E-state index in [9.17, 15) is 0 Å². The summed E-state index contributed by atoms with van der Waals surface area (Å²) in [6.45, 7) is 9.85. The van der Waals surface area contributed by atoms with Crippen molar-refractivity contribution in [3.63, 3.8) is 0 Å². The monoisotopic (exact) mass is 226 g/mol. The summed E-state index contributed by atoms with van der Waals surface area (Å²) in [6, 6.07) is 0.622. The van der Waals surface area contributed by atoms with Crippen molar-refractivity contribution in [1.29, 1.82) is 0 Å². The van der Waals surface area contributed by atoms with E-state index in [-0.39, 0.29) is 0 Å². The molecule has 0 saturated heterocycles. The zero-order valence-corrected chi connectivity index (χ0v) is 11.0. The standard InChI is InChI=1S/C12H22N2S/c1-5-12(13-6-2)9(3)7-11-8-15-10(4)14-11/h8-9,12-13H,5-7H2,1-4H3. The topological polar surface area (TPSA) is 24.9 Å². The third-order valence-electron chi connectivity index (χ3n) is 2.79. The van der Waals surface area contributed by atoms with Crippen molar-refractivity contribution in [1.82, 2.24) is 10.3 Å². The van der Waals surface area contributed by atoms with E-state index in [0.29, 0.717) is 12.0 Å². The lowest BCUT2D eigenvalue weighted by Crippen LogP contribution is -2.35. The van der Waals surface area contributed by atoms with E-state index in [4.69, 9.17) is 0 Å². The van der Waals surface area contributed by atoms with Gasteiger partial charge in [-0.2, -0.15) is 0 Å². The lowest BCUT2D eigenvalue weighted by Gasteiger charge is -2.22. The van der Waals surface area contributed by atoms with Crippen LogP contribution in [-0.4, -0.2) is 17.6 Å². The van der Waals surface area contributed by atoms with Gasteiger partial charge in [0.1, 0.15) is 0 Å². The van der Waals surface area contributed by atoms with Crippen LogP contribution >= 0.6 is 11.3 Å². The second kappa shape index (κ2) is 6.23. The van der Waals surface area contributed by atoms with Gasteiger partial charge in [-0.1, -0.05) is 20.8 Å². The van der Waals surface area contributed by atoms with Crippen LogP contribution in [0.4, 0.5) is 0 Å². The van der Waals surface area contributed by atoms with Crippen LogP contribution in [0.15, 0.2) is 5.38 Å². The summed E-state index contributed by atoms with van der Waals surface area (Å²) in [5.41, 5.74) is 1.25. The van der Waals surface area contributed by atoms with Gasteiger partial charge in [0, 0.05) is 11.4 Å². The Morgan fingerprint density at radius 2 is 2.20 bits per heavy atom. The molecule has 2 atom stereocenters. The van der Waals surface area contributed by atoms with Gasteiger partial charge in [0.05, 0.1) is 10.7 Å². The molecule has 86 valence electrons. The molecule has 0 radical (unpaired) electrons. The maximum atomic E-state index is 4.52. The van der Waals surface area contributed by atoms with Gasteiger partial charge < -0.3 is 5.32 Å². The number of nitrogens with zero attached hydrogens (tertiary/aromatic N) is 1. The Morgan fingerprint density at radius 1 is 1.47 bits per heavy atom. The second-order valence-corrected chi connectivity index (χ2v) is 5.17. The zero-order chi connectivity index (χ0) is 11.3.